The number of benzene rings is 1. The summed E-state index contributed by atoms with van der Waals surface area (Å²) in [6, 6.07) is 3.12. The van der Waals surface area contributed by atoms with Gasteiger partial charge in [-0.1, -0.05) is 18.5 Å². The largest absolute Gasteiger partial charge is 0.493 e. The number of nitrogens with two attached hydrogens (primary N) is 1. The first kappa shape index (κ1) is 18.4. The second-order valence-corrected chi connectivity index (χ2v) is 6.35. The third-order valence-corrected chi connectivity index (χ3v) is 4.07. The van der Waals surface area contributed by atoms with Crippen LogP contribution in [-0.4, -0.2) is 43.5 Å². The maximum absolute atomic E-state index is 12.8. The fourth-order valence-corrected chi connectivity index (χ4v) is 2.73. The predicted molar refractivity (Wildman–Crippen MR) is 91.6 cm³/mol. The molecule has 0 aliphatic heterocycles. The van der Waals surface area contributed by atoms with Gasteiger partial charge in [0.2, 0.25) is 0 Å². The van der Waals surface area contributed by atoms with Gasteiger partial charge in [-0.2, -0.15) is 0 Å². The molecule has 0 atom stereocenters. The number of primary amides is 1. The summed E-state index contributed by atoms with van der Waals surface area (Å²) in [7, 11) is 1.45. The van der Waals surface area contributed by atoms with Crippen molar-refractivity contribution in [3.8, 4) is 11.5 Å². The van der Waals surface area contributed by atoms with Crippen LogP contribution in [0.2, 0.25) is 5.02 Å². The molecule has 0 bridgehead atoms. The van der Waals surface area contributed by atoms with Crippen molar-refractivity contribution in [3.05, 3.63) is 22.7 Å². The zero-order valence-electron chi connectivity index (χ0n) is 14.0. The van der Waals surface area contributed by atoms with Crippen LogP contribution in [0, 0.1) is 5.92 Å². The van der Waals surface area contributed by atoms with Crippen LogP contribution < -0.4 is 15.2 Å². The summed E-state index contributed by atoms with van der Waals surface area (Å²) < 4.78 is 10.5. The maximum Gasteiger partial charge on any atom is 0.255 e. The van der Waals surface area contributed by atoms with E-state index in [0.29, 0.717) is 23.8 Å². The third kappa shape index (κ3) is 4.77. The fraction of sp³-hybridized carbons (Fsp3) is 0.529. The molecule has 2 N–H and O–H groups in total. The number of carbonyl (C=O) groups is 2. The molecule has 24 heavy (non-hydrogen) atoms. The van der Waals surface area contributed by atoms with E-state index in [1.54, 1.807) is 6.07 Å². The summed E-state index contributed by atoms with van der Waals surface area (Å²) in [4.78, 5) is 25.5. The molecule has 0 heterocycles. The normalized spacial score (nSPS) is 13.5. The first-order valence-corrected chi connectivity index (χ1v) is 8.42. The Kier molecular flexibility index (Phi) is 6.31. The van der Waals surface area contributed by atoms with Crippen molar-refractivity contribution >= 4 is 23.4 Å². The van der Waals surface area contributed by atoms with E-state index in [0.717, 1.165) is 13.0 Å². The zero-order chi connectivity index (χ0) is 17.7. The molecule has 7 heteroatoms. The van der Waals surface area contributed by atoms with Gasteiger partial charge in [-0.05, 0) is 37.3 Å². The van der Waals surface area contributed by atoms with Gasteiger partial charge in [0, 0.05) is 18.7 Å². The van der Waals surface area contributed by atoms with Crippen LogP contribution in [0.4, 0.5) is 0 Å². The van der Waals surface area contributed by atoms with E-state index in [2.05, 4.69) is 0 Å². The summed E-state index contributed by atoms with van der Waals surface area (Å²) in [5, 5.41) is 0.210. The van der Waals surface area contributed by atoms with Crippen LogP contribution in [0.25, 0.3) is 0 Å². The van der Waals surface area contributed by atoms with Crippen molar-refractivity contribution in [2.75, 3.05) is 26.8 Å². The van der Waals surface area contributed by atoms with Crippen molar-refractivity contribution in [1.82, 2.24) is 4.90 Å². The molecule has 1 aliphatic rings. The van der Waals surface area contributed by atoms with E-state index in [-0.39, 0.29) is 23.3 Å². The molecule has 132 valence electrons. The number of rotatable bonds is 9. The Morgan fingerprint density at radius 1 is 1.38 bits per heavy atom. The van der Waals surface area contributed by atoms with Gasteiger partial charge in [0.05, 0.1) is 12.1 Å². The molecule has 0 unspecified atom stereocenters. The summed E-state index contributed by atoms with van der Waals surface area (Å²) in [6.45, 7) is 3.20. The lowest BCUT2D eigenvalue weighted by Gasteiger charge is -2.23. The van der Waals surface area contributed by atoms with Gasteiger partial charge in [0.1, 0.15) is 0 Å². The number of nitrogens with zero attached hydrogens (tertiary/aromatic N) is 1. The highest BCUT2D eigenvalue weighted by Crippen LogP contribution is 2.37. The van der Waals surface area contributed by atoms with Crippen LogP contribution in [0.3, 0.4) is 0 Å². The van der Waals surface area contributed by atoms with Crippen LogP contribution in [0.5, 0.6) is 11.5 Å². The molecular weight excluding hydrogens is 332 g/mol. The summed E-state index contributed by atoms with van der Waals surface area (Å²) in [5.74, 6) is 0.419. The zero-order valence-corrected chi connectivity index (χ0v) is 14.8. The van der Waals surface area contributed by atoms with E-state index in [4.69, 9.17) is 26.8 Å². The number of hydrogen-bond donors (Lipinski definition) is 1. The van der Waals surface area contributed by atoms with Crippen molar-refractivity contribution in [3.63, 3.8) is 0 Å². The van der Waals surface area contributed by atoms with E-state index in [1.807, 2.05) is 11.8 Å². The maximum atomic E-state index is 12.8. The van der Waals surface area contributed by atoms with Gasteiger partial charge in [0.25, 0.3) is 11.8 Å². The smallest absolute Gasteiger partial charge is 0.255 e. The molecular formula is C17H23ClN2O4. The summed E-state index contributed by atoms with van der Waals surface area (Å²) >= 11 is 6.21. The van der Waals surface area contributed by atoms with E-state index in [9.17, 15) is 9.59 Å². The molecule has 6 nitrogen and oxygen atoms in total. The van der Waals surface area contributed by atoms with Crippen molar-refractivity contribution < 1.29 is 19.1 Å². The Hall–Kier alpha value is -1.95. The molecule has 1 aromatic rings. The van der Waals surface area contributed by atoms with Crippen molar-refractivity contribution in [1.29, 1.82) is 0 Å². The number of carbonyl (C=O) groups excluding carboxylic acids is 2. The molecule has 2 rings (SSSR count). The minimum atomic E-state index is -0.619. The van der Waals surface area contributed by atoms with Gasteiger partial charge >= 0.3 is 0 Å². The predicted octanol–water partition coefficient (Wildman–Crippen LogP) is 2.47. The van der Waals surface area contributed by atoms with Gasteiger partial charge in [-0.3, -0.25) is 9.59 Å². The Balaban J connectivity index is 2.23. The molecule has 1 fully saturated rings. The molecule has 1 saturated carbocycles. The second kappa shape index (κ2) is 8.24. The van der Waals surface area contributed by atoms with E-state index >= 15 is 0 Å². The highest BCUT2D eigenvalue weighted by atomic mass is 35.5. The highest BCUT2D eigenvalue weighted by molar-refractivity contribution is 6.32. The lowest BCUT2D eigenvalue weighted by molar-refractivity contribution is -0.119. The average Bonchev–Trinajstić information content (AvgIpc) is 3.35. The van der Waals surface area contributed by atoms with Crippen LogP contribution in [-0.2, 0) is 4.79 Å². The van der Waals surface area contributed by atoms with Crippen molar-refractivity contribution in [2.24, 2.45) is 11.7 Å². The Morgan fingerprint density at radius 2 is 2.08 bits per heavy atom. The Bertz CT molecular complexity index is 617. The number of amides is 2. The molecule has 1 aliphatic carbocycles. The van der Waals surface area contributed by atoms with Crippen LogP contribution >= 0.6 is 11.6 Å². The molecule has 1 aromatic carbocycles. The number of halogens is 1. The van der Waals surface area contributed by atoms with Gasteiger partial charge in [-0.25, -0.2) is 0 Å². The summed E-state index contributed by atoms with van der Waals surface area (Å²) in [5.41, 5.74) is 5.52. The number of hydrogen-bond acceptors (Lipinski definition) is 4. The standard InChI is InChI=1S/C17H23ClN2O4/c1-3-6-20(9-11-4-5-11)17(22)12-7-13(18)16(14(8-12)23-2)24-10-15(19)21/h7-8,11H,3-6,9-10H2,1-2H3,(H2,19,21). The average molecular weight is 355 g/mol. The third-order valence-electron chi connectivity index (χ3n) is 3.79. The number of methoxy groups -OCH3 is 1. The van der Waals surface area contributed by atoms with Crippen LogP contribution in [0.1, 0.15) is 36.5 Å². The van der Waals surface area contributed by atoms with Gasteiger partial charge in [0.15, 0.2) is 18.1 Å². The number of ether oxygens (including phenoxy) is 2. The first-order valence-electron chi connectivity index (χ1n) is 8.04. The molecule has 0 aromatic heterocycles. The molecule has 0 radical (unpaired) electrons. The summed E-state index contributed by atoms with van der Waals surface area (Å²) in [6.07, 6.45) is 3.25. The highest BCUT2D eigenvalue weighted by Gasteiger charge is 2.27. The molecule has 0 saturated heterocycles. The van der Waals surface area contributed by atoms with Crippen LogP contribution in [0.15, 0.2) is 12.1 Å². The lowest BCUT2D eigenvalue weighted by atomic mass is 10.1. The lowest BCUT2D eigenvalue weighted by Crippen LogP contribution is -2.33. The van der Waals surface area contributed by atoms with Gasteiger partial charge in [-0.15, -0.1) is 0 Å². The Morgan fingerprint density at radius 3 is 2.62 bits per heavy atom. The monoisotopic (exact) mass is 354 g/mol. The van der Waals surface area contributed by atoms with E-state index < -0.39 is 5.91 Å². The Labute approximate surface area is 146 Å². The quantitative estimate of drug-likeness (QED) is 0.738. The topological polar surface area (TPSA) is 81.9 Å². The first-order chi connectivity index (χ1) is 11.5. The van der Waals surface area contributed by atoms with Crippen molar-refractivity contribution in [2.45, 2.75) is 26.2 Å². The minimum Gasteiger partial charge on any atom is -0.493 e. The minimum absolute atomic E-state index is 0.0783. The fourth-order valence-electron chi connectivity index (χ4n) is 2.47. The van der Waals surface area contributed by atoms with E-state index in [1.165, 1.54) is 26.0 Å². The van der Waals surface area contributed by atoms with Gasteiger partial charge < -0.3 is 20.1 Å². The molecule has 0 spiro atoms. The SMILES string of the molecule is CCCN(CC1CC1)C(=O)c1cc(Cl)c(OCC(N)=O)c(OC)c1. The second-order valence-electron chi connectivity index (χ2n) is 5.94. The molecule has 2 amide bonds.